The molecule has 164 valence electrons. The molecule has 0 bridgehead atoms. The summed E-state index contributed by atoms with van der Waals surface area (Å²) in [5.41, 5.74) is -0.0672. The summed E-state index contributed by atoms with van der Waals surface area (Å²) >= 11 is 1.07. The lowest BCUT2D eigenvalue weighted by atomic mass is 10.0. The molecule has 0 spiro atoms. The summed E-state index contributed by atoms with van der Waals surface area (Å²) < 4.78 is 65.0. The van der Waals surface area contributed by atoms with Crippen molar-refractivity contribution in [2.45, 2.75) is 35.8 Å². The van der Waals surface area contributed by atoms with Gasteiger partial charge in [0, 0.05) is 25.7 Å². The van der Waals surface area contributed by atoms with Crippen molar-refractivity contribution in [2.24, 2.45) is 0 Å². The van der Waals surface area contributed by atoms with Crippen LogP contribution in [0.5, 0.6) is 0 Å². The van der Waals surface area contributed by atoms with Gasteiger partial charge in [0.25, 0.3) is 10.0 Å². The van der Waals surface area contributed by atoms with Crippen LogP contribution in [-0.4, -0.2) is 44.9 Å². The van der Waals surface area contributed by atoms with Crippen LogP contribution in [0.3, 0.4) is 0 Å². The molecule has 1 fully saturated rings. The summed E-state index contributed by atoms with van der Waals surface area (Å²) in [7, 11) is -3.69. The molecule has 0 unspecified atom stereocenters. The highest BCUT2D eigenvalue weighted by atomic mass is 32.2. The van der Waals surface area contributed by atoms with E-state index < -0.39 is 27.7 Å². The standard InChI is InChI=1S/C19H22F3N3O3S2/c20-19(21,22)15-4-1-3-14(11-15)13-25-8-6-16(7-9-25)24-17(26)12-23-30(27,28)18-5-2-10-29-18/h1-5,10-11,16,23H,6-9,12-13H2,(H,24,26). The minimum absolute atomic E-state index is 0.0958. The molecule has 2 heterocycles. The van der Waals surface area contributed by atoms with Gasteiger partial charge in [-0.15, -0.1) is 11.3 Å². The Morgan fingerprint density at radius 3 is 2.53 bits per heavy atom. The number of nitrogens with one attached hydrogen (secondary N) is 2. The van der Waals surface area contributed by atoms with Crippen molar-refractivity contribution in [1.29, 1.82) is 0 Å². The number of nitrogens with zero attached hydrogens (tertiary/aromatic N) is 1. The number of thiophene rings is 1. The van der Waals surface area contributed by atoms with E-state index in [0.717, 1.165) is 23.5 Å². The third kappa shape index (κ3) is 6.27. The minimum Gasteiger partial charge on any atom is -0.352 e. The quantitative estimate of drug-likeness (QED) is 0.665. The maximum atomic E-state index is 12.8. The average molecular weight is 462 g/mol. The van der Waals surface area contributed by atoms with Crippen LogP contribution >= 0.6 is 11.3 Å². The number of amides is 1. The molecule has 0 radical (unpaired) electrons. The van der Waals surface area contributed by atoms with Crippen molar-refractivity contribution in [3.05, 3.63) is 52.9 Å². The molecule has 3 rings (SSSR count). The SMILES string of the molecule is O=C(CNS(=O)(=O)c1cccs1)NC1CCN(Cc2cccc(C(F)(F)F)c2)CC1. The van der Waals surface area contributed by atoms with E-state index in [1.807, 2.05) is 4.90 Å². The Kier molecular flexibility index (Phi) is 7.17. The predicted molar refractivity (Wildman–Crippen MR) is 107 cm³/mol. The Balaban J connectivity index is 1.43. The third-order valence-corrected chi connectivity index (χ3v) is 7.59. The van der Waals surface area contributed by atoms with E-state index >= 15 is 0 Å². The van der Waals surface area contributed by atoms with Gasteiger partial charge in [-0.25, -0.2) is 13.1 Å². The van der Waals surface area contributed by atoms with E-state index in [1.165, 1.54) is 12.1 Å². The molecule has 0 saturated carbocycles. The summed E-state index contributed by atoms with van der Waals surface area (Å²) in [5.74, 6) is -0.411. The van der Waals surface area contributed by atoms with Crippen LogP contribution in [0.4, 0.5) is 13.2 Å². The summed E-state index contributed by atoms with van der Waals surface area (Å²) in [6.45, 7) is 1.32. The molecule has 1 aromatic heterocycles. The van der Waals surface area contributed by atoms with Gasteiger partial charge in [-0.1, -0.05) is 24.3 Å². The van der Waals surface area contributed by atoms with Gasteiger partial charge in [-0.2, -0.15) is 13.2 Å². The van der Waals surface area contributed by atoms with E-state index in [-0.39, 0.29) is 16.8 Å². The second kappa shape index (κ2) is 9.46. The van der Waals surface area contributed by atoms with E-state index in [9.17, 15) is 26.4 Å². The Morgan fingerprint density at radius 1 is 1.17 bits per heavy atom. The Morgan fingerprint density at radius 2 is 1.90 bits per heavy atom. The van der Waals surface area contributed by atoms with E-state index in [2.05, 4.69) is 10.0 Å². The maximum absolute atomic E-state index is 12.8. The van der Waals surface area contributed by atoms with E-state index in [0.29, 0.717) is 38.0 Å². The summed E-state index contributed by atoms with van der Waals surface area (Å²) in [5, 5.41) is 4.45. The Bertz CT molecular complexity index is 955. The first-order valence-electron chi connectivity index (χ1n) is 9.34. The van der Waals surface area contributed by atoms with E-state index in [1.54, 1.807) is 17.5 Å². The van der Waals surface area contributed by atoms with Gasteiger partial charge in [0.2, 0.25) is 5.91 Å². The van der Waals surface area contributed by atoms with Gasteiger partial charge < -0.3 is 5.32 Å². The van der Waals surface area contributed by atoms with Crippen molar-refractivity contribution < 1.29 is 26.4 Å². The van der Waals surface area contributed by atoms with Crippen molar-refractivity contribution >= 4 is 27.3 Å². The molecule has 0 atom stereocenters. The second-order valence-corrected chi connectivity index (χ2v) is 10.0. The maximum Gasteiger partial charge on any atom is 0.416 e. The monoisotopic (exact) mass is 461 g/mol. The zero-order chi connectivity index (χ0) is 21.8. The predicted octanol–water partition coefficient (Wildman–Crippen LogP) is 2.83. The lowest BCUT2D eigenvalue weighted by Gasteiger charge is -2.32. The van der Waals surface area contributed by atoms with Crippen molar-refractivity contribution in [1.82, 2.24) is 14.9 Å². The van der Waals surface area contributed by atoms with Crippen LogP contribution in [0, 0.1) is 0 Å². The molecule has 1 amide bonds. The lowest BCUT2D eigenvalue weighted by Crippen LogP contribution is -2.47. The Hall–Kier alpha value is -1.95. The number of hydrogen-bond donors (Lipinski definition) is 2. The number of carbonyl (C=O) groups excluding carboxylic acids is 1. The summed E-state index contributed by atoms with van der Waals surface area (Å²) in [6, 6.07) is 8.27. The van der Waals surface area contributed by atoms with Gasteiger partial charge in [0.05, 0.1) is 12.1 Å². The Labute approximate surface area is 177 Å². The molecule has 1 aromatic carbocycles. The normalized spacial score (nSPS) is 16.5. The first-order chi connectivity index (χ1) is 14.1. The number of alkyl halides is 3. The number of likely N-dealkylation sites (tertiary alicyclic amines) is 1. The zero-order valence-electron chi connectivity index (χ0n) is 16.0. The number of benzene rings is 1. The largest absolute Gasteiger partial charge is 0.416 e. The molecule has 11 heteroatoms. The van der Waals surface area contributed by atoms with Crippen LogP contribution in [0.2, 0.25) is 0 Å². The number of sulfonamides is 1. The van der Waals surface area contributed by atoms with Crippen molar-refractivity contribution in [2.75, 3.05) is 19.6 Å². The van der Waals surface area contributed by atoms with Crippen molar-refractivity contribution in [3.8, 4) is 0 Å². The summed E-state index contributed by atoms with van der Waals surface area (Å²) in [4.78, 5) is 14.1. The molecule has 2 aromatic rings. The lowest BCUT2D eigenvalue weighted by molar-refractivity contribution is -0.137. The highest BCUT2D eigenvalue weighted by molar-refractivity contribution is 7.91. The van der Waals surface area contributed by atoms with Gasteiger partial charge in [0.15, 0.2) is 0 Å². The first-order valence-corrected chi connectivity index (χ1v) is 11.7. The van der Waals surface area contributed by atoms with Crippen LogP contribution in [-0.2, 0) is 27.5 Å². The fraction of sp³-hybridized carbons (Fsp3) is 0.421. The molecule has 30 heavy (non-hydrogen) atoms. The van der Waals surface area contributed by atoms with Crippen LogP contribution in [0.25, 0.3) is 0 Å². The molecule has 1 aliphatic rings. The number of halogens is 3. The number of hydrogen-bond acceptors (Lipinski definition) is 5. The van der Waals surface area contributed by atoms with Gasteiger partial charge in [-0.3, -0.25) is 9.69 Å². The number of carbonyl (C=O) groups is 1. The highest BCUT2D eigenvalue weighted by Crippen LogP contribution is 2.30. The molecular weight excluding hydrogens is 439 g/mol. The zero-order valence-corrected chi connectivity index (χ0v) is 17.6. The molecule has 2 N–H and O–H groups in total. The fourth-order valence-electron chi connectivity index (χ4n) is 3.27. The van der Waals surface area contributed by atoms with Crippen LogP contribution in [0.15, 0.2) is 46.0 Å². The highest BCUT2D eigenvalue weighted by Gasteiger charge is 2.30. The van der Waals surface area contributed by atoms with Gasteiger partial charge in [-0.05, 0) is 35.9 Å². The fourth-order valence-corrected chi connectivity index (χ4v) is 5.29. The van der Waals surface area contributed by atoms with Crippen molar-refractivity contribution in [3.63, 3.8) is 0 Å². The average Bonchev–Trinajstić information content (AvgIpc) is 3.24. The smallest absolute Gasteiger partial charge is 0.352 e. The molecule has 6 nitrogen and oxygen atoms in total. The van der Waals surface area contributed by atoms with Gasteiger partial charge in [0.1, 0.15) is 4.21 Å². The topological polar surface area (TPSA) is 78.5 Å². The second-order valence-electron chi connectivity index (χ2n) is 7.07. The number of piperidine rings is 1. The number of rotatable bonds is 7. The minimum atomic E-state index is -4.36. The third-order valence-electron chi connectivity index (χ3n) is 4.80. The van der Waals surface area contributed by atoms with Crippen LogP contribution < -0.4 is 10.0 Å². The van der Waals surface area contributed by atoms with Gasteiger partial charge >= 0.3 is 6.18 Å². The molecular formula is C19H22F3N3O3S2. The molecule has 0 aliphatic carbocycles. The van der Waals surface area contributed by atoms with Crippen LogP contribution in [0.1, 0.15) is 24.0 Å². The molecule has 1 aliphatic heterocycles. The first kappa shape index (κ1) is 22.7. The molecule has 1 saturated heterocycles. The van der Waals surface area contributed by atoms with E-state index in [4.69, 9.17) is 0 Å². The summed E-state index contributed by atoms with van der Waals surface area (Å²) in [6.07, 6.45) is -3.08.